The fourth-order valence-electron chi connectivity index (χ4n) is 1.42. The van der Waals surface area contributed by atoms with Crippen LogP contribution in [0.15, 0.2) is 18.2 Å². The summed E-state index contributed by atoms with van der Waals surface area (Å²) in [5.74, 6) is 0.856. The van der Waals surface area contributed by atoms with Crippen LogP contribution in [0.5, 0.6) is 5.75 Å². The Kier molecular flexibility index (Phi) is 3.72. The van der Waals surface area contributed by atoms with Crippen LogP contribution < -0.4 is 10.5 Å². The Morgan fingerprint density at radius 3 is 2.60 bits per heavy atom. The number of hydrogen-bond acceptors (Lipinski definition) is 3. The average Bonchev–Trinajstić information content (AvgIpc) is 2.21. The third-order valence-corrected chi connectivity index (χ3v) is 2.49. The average molecular weight is 209 g/mol. The van der Waals surface area contributed by atoms with E-state index in [2.05, 4.69) is 0 Å². The smallest absolute Gasteiger partial charge is 0.122 e. The highest BCUT2D eigenvalue weighted by atomic mass is 16.5. The Balaban J connectivity index is 3.01. The van der Waals surface area contributed by atoms with E-state index in [0.29, 0.717) is 6.61 Å². The van der Waals surface area contributed by atoms with Crippen LogP contribution in [0.3, 0.4) is 0 Å². The van der Waals surface area contributed by atoms with E-state index in [0.717, 1.165) is 16.9 Å². The lowest BCUT2D eigenvalue weighted by Gasteiger charge is -2.22. The Morgan fingerprint density at radius 2 is 2.13 bits per heavy atom. The number of hydrogen-bond donors (Lipinski definition) is 2. The van der Waals surface area contributed by atoms with E-state index in [9.17, 15) is 5.11 Å². The van der Waals surface area contributed by atoms with Crippen LogP contribution in [-0.2, 0) is 5.60 Å². The normalized spacial score (nSPS) is 14.7. The highest BCUT2D eigenvalue weighted by Crippen LogP contribution is 2.25. The molecule has 0 aliphatic carbocycles. The van der Waals surface area contributed by atoms with Gasteiger partial charge in [0.1, 0.15) is 5.75 Å². The van der Waals surface area contributed by atoms with Crippen LogP contribution in [-0.4, -0.2) is 18.3 Å². The predicted octanol–water partition coefficient (Wildman–Crippen LogP) is 1.56. The monoisotopic (exact) mass is 209 g/mol. The molecule has 1 unspecified atom stereocenters. The van der Waals surface area contributed by atoms with Crippen LogP contribution in [0.4, 0.5) is 0 Å². The second-order valence-corrected chi connectivity index (χ2v) is 3.89. The number of aryl methyl sites for hydroxylation is 1. The molecule has 0 radical (unpaired) electrons. The molecule has 3 nitrogen and oxygen atoms in total. The first-order chi connectivity index (χ1) is 7.01. The third kappa shape index (κ3) is 2.70. The number of rotatable bonds is 4. The molecule has 1 atom stereocenters. The highest BCUT2D eigenvalue weighted by molar-refractivity contribution is 5.38. The molecule has 1 rings (SSSR count). The summed E-state index contributed by atoms with van der Waals surface area (Å²) in [6.45, 7) is 6.47. The Bertz CT molecular complexity index is 334. The molecule has 0 saturated heterocycles. The van der Waals surface area contributed by atoms with Gasteiger partial charge < -0.3 is 15.6 Å². The molecule has 1 aromatic rings. The SMILES string of the molecule is CCOc1ccc(C(C)(O)CN)cc1C. The molecule has 84 valence electrons. The van der Waals surface area contributed by atoms with Crippen molar-refractivity contribution in [1.29, 1.82) is 0 Å². The molecular weight excluding hydrogens is 190 g/mol. The van der Waals surface area contributed by atoms with Crippen LogP contribution in [0.2, 0.25) is 0 Å². The van der Waals surface area contributed by atoms with Crippen molar-refractivity contribution in [3.05, 3.63) is 29.3 Å². The minimum atomic E-state index is -0.963. The number of benzene rings is 1. The molecule has 0 fully saturated rings. The quantitative estimate of drug-likeness (QED) is 0.791. The highest BCUT2D eigenvalue weighted by Gasteiger charge is 2.21. The molecular formula is C12H19NO2. The summed E-state index contributed by atoms with van der Waals surface area (Å²) < 4.78 is 5.43. The Hall–Kier alpha value is -1.06. The molecule has 3 heteroatoms. The van der Waals surface area contributed by atoms with Crippen molar-refractivity contribution in [2.75, 3.05) is 13.2 Å². The fraction of sp³-hybridized carbons (Fsp3) is 0.500. The molecule has 0 aromatic heterocycles. The van der Waals surface area contributed by atoms with E-state index in [1.165, 1.54) is 0 Å². The third-order valence-electron chi connectivity index (χ3n) is 2.49. The topological polar surface area (TPSA) is 55.5 Å². The number of nitrogens with two attached hydrogens (primary N) is 1. The van der Waals surface area contributed by atoms with Gasteiger partial charge in [-0.2, -0.15) is 0 Å². The first kappa shape index (κ1) is 12.0. The molecule has 3 N–H and O–H groups in total. The summed E-state index contributed by atoms with van der Waals surface area (Å²) in [6.07, 6.45) is 0. The first-order valence-corrected chi connectivity index (χ1v) is 5.17. The van der Waals surface area contributed by atoms with Gasteiger partial charge in [-0.25, -0.2) is 0 Å². The Labute approximate surface area is 90.9 Å². The first-order valence-electron chi connectivity index (χ1n) is 5.17. The van der Waals surface area contributed by atoms with Gasteiger partial charge in [-0.1, -0.05) is 6.07 Å². The van der Waals surface area contributed by atoms with Crippen LogP contribution in [0.25, 0.3) is 0 Å². The standard InChI is InChI=1S/C12H19NO2/c1-4-15-11-6-5-10(7-9(11)2)12(3,14)8-13/h5-7,14H,4,8,13H2,1-3H3. The molecule has 0 saturated carbocycles. The molecule has 0 amide bonds. The van der Waals surface area contributed by atoms with Crippen molar-refractivity contribution in [2.24, 2.45) is 5.73 Å². The Morgan fingerprint density at radius 1 is 1.47 bits per heavy atom. The van der Waals surface area contributed by atoms with Crippen molar-refractivity contribution in [2.45, 2.75) is 26.4 Å². The van der Waals surface area contributed by atoms with E-state index in [1.54, 1.807) is 6.92 Å². The van der Waals surface area contributed by atoms with Crippen molar-refractivity contribution >= 4 is 0 Å². The number of aliphatic hydroxyl groups is 1. The fourth-order valence-corrected chi connectivity index (χ4v) is 1.42. The summed E-state index contributed by atoms with van der Waals surface area (Å²) in [7, 11) is 0. The van der Waals surface area contributed by atoms with Gasteiger partial charge in [0.15, 0.2) is 0 Å². The summed E-state index contributed by atoms with van der Waals surface area (Å²) in [6, 6.07) is 5.64. The molecule has 15 heavy (non-hydrogen) atoms. The summed E-state index contributed by atoms with van der Waals surface area (Å²) in [5.41, 5.74) is 6.38. The maximum Gasteiger partial charge on any atom is 0.122 e. The van der Waals surface area contributed by atoms with Crippen molar-refractivity contribution < 1.29 is 9.84 Å². The zero-order chi connectivity index (χ0) is 11.5. The molecule has 0 aliphatic rings. The van der Waals surface area contributed by atoms with Gasteiger partial charge in [0, 0.05) is 6.54 Å². The maximum absolute atomic E-state index is 9.97. The molecule has 0 heterocycles. The largest absolute Gasteiger partial charge is 0.494 e. The lowest BCUT2D eigenvalue weighted by atomic mass is 9.94. The molecule has 0 bridgehead atoms. The summed E-state index contributed by atoms with van der Waals surface area (Å²) in [4.78, 5) is 0. The van der Waals surface area contributed by atoms with E-state index in [1.807, 2.05) is 32.0 Å². The van der Waals surface area contributed by atoms with Crippen LogP contribution in [0.1, 0.15) is 25.0 Å². The second-order valence-electron chi connectivity index (χ2n) is 3.89. The minimum Gasteiger partial charge on any atom is -0.494 e. The lowest BCUT2D eigenvalue weighted by Crippen LogP contribution is -2.31. The van der Waals surface area contributed by atoms with Gasteiger partial charge in [-0.15, -0.1) is 0 Å². The van der Waals surface area contributed by atoms with Crippen molar-refractivity contribution in [3.63, 3.8) is 0 Å². The molecule has 1 aromatic carbocycles. The van der Waals surface area contributed by atoms with Crippen molar-refractivity contribution in [1.82, 2.24) is 0 Å². The van der Waals surface area contributed by atoms with Gasteiger partial charge in [-0.3, -0.25) is 0 Å². The van der Waals surface area contributed by atoms with Crippen LogP contribution >= 0.6 is 0 Å². The van der Waals surface area contributed by atoms with E-state index in [4.69, 9.17) is 10.5 Å². The summed E-state index contributed by atoms with van der Waals surface area (Å²) >= 11 is 0. The maximum atomic E-state index is 9.97. The van der Waals surface area contributed by atoms with E-state index < -0.39 is 5.60 Å². The lowest BCUT2D eigenvalue weighted by molar-refractivity contribution is 0.0667. The molecule has 0 aliphatic heterocycles. The molecule has 0 spiro atoms. The van der Waals surface area contributed by atoms with Crippen LogP contribution in [0, 0.1) is 6.92 Å². The van der Waals surface area contributed by atoms with Gasteiger partial charge >= 0.3 is 0 Å². The summed E-state index contributed by atoms with van der Waals surface area (Å²) in [5, 5.41) is 9.97. The van der Waals surface area contributed by atoms with E-state index in [-0.39, 0.29) is 6.54 Å². The zero-order valence-electron chi connectivity index (χ0n) is 9.58. The van der Waals surface area contributed by atoms with Gasteiger partial charge in [-0.05, 0) is 44.0 Å². The minimum absolute atomic E-state index is 0.209. The van der Waals surface area contributed by atoms with Gasteiger partial charge in [0.2, 0.25) is 0 Å². The second kappa shape index (κ2) is 4.64. The van der Waals surface area contributed by atoms with Gasteiger partial charge in [0.05, 0.1) is 12.2 Å². The number of ether oxygens (including phenoxy) is 1. The zero-order valence-corrected chi connectivity index (χ0v) is 9.58. The van der Waals surface area contributed by atoms with Gasteiger partial charge in [0.25, 0.3) is 0 Å². The van der Waals surface area contributed by atoms with E-state index >= 15 is 0 Å². The predicted molar refractivity (Wildman–Crippen MR) is 61.0 cm³/mol. The van der Waals surface area contributed by atoms with Crippen molar-refractivity contribution in [3.8, 4) is 5.75 Å².